The first-order valence-corrected chi connectivity index (χ1v) is 8.64. The van der Waals surface area contributed by atoms with Gasteiger partial charge in [0.05, 0.1) is 6.54 Å². The molecule has 1 saturated carbocycles. The van der Waals surface area contributed by atoms with Gasteiger partial charge in [-0.1, -0.05) is 18.3 Å². The molecule has 112 valence electrons. The van der Waals surface area contributed by atoms with E-state index in [9.17, 15) is 4.79 Å². The predicted octanol–water partition coefficient (Wildman–Crippen LogP) is 2.40. The van der Waals surface area contributed by atoms with Crippen molar-refractivity contribution >= 4 is 17.7 Å². The van der Waals surface area contributed by atoms with Crippen LogP contribution in [-0.2, 0) is 0 Å². The van der Waals surface area contributed by atoms with E-state index in [-0.39, 0.29) is 5.91 Å². The number of thioether (sulfide) groups is 1. The molecule has 0 bridgehead atoms. The van der Waals surface area contributed by atoms with Crippen LogP contribution in [0.1, 0.15) is 41.6 Å². The number of carbonyl (C=O) groups excluding carboxylic acids is 1. The van der Waals surface area contributed by atoms with Crippen LogP contribution in [0.2, 0.25) is 0 Å². The fourth-order valence-electron chi connectivity index (χ4n) is 2.62. The van der Waals surface area contributed by atoms with Crippen molar-refractivity contribution in [3.63, 3.8) is 0 Å². The Morgan fingerprint density at radius 2 is 2.14 bits per heavy atom. The fourth-order valence-corrected chi connectivity index (χ4v) is 3.44. The minimum atomic E-state index is 0.0140. The van der Waals surface area contributed by atoms with Crippen molar-refractivity contribution in [1.29, 1.82) is 0 Å². The van der Waals surface area contributed by atoms with Crippen LogP contribution in [0, 0.1) is 11.8 Å². The summed E-state index contributed by atoms with van der Waals surface area (Å²) in [4.78, 5) is 12.3. The highest BCUT2D eigenvalue weighted by molar-refractivity contribution is 7.99. The Morgan fingerprint density at radius 3 is 2.81 bits per heavy atom. The summed E-state index contributed by atoms with van der Waals surface area (Å²) in [6.07, 6.45) is 6.78. The zero-order chi connectivity index (χ0) is 15.1. The summed E-state index contributed by atoms with van der Waals surface area (Å²) in [6.45, 7) is 0.348. The number of hydrogen-bond donors (Lipinski definition) is 2. The molecule has 1 aliphatic rings. The molecular weight excluding hydrogens is 280 g/mol. The maximum Gasteiger partial charge on any atom is 0.251 e. The van der Waals surface area contributed by atoms with Crippen LogP contribution in [0.25, 0.3) is 0 Å². The van der Waals surface area contributed by atoms with E-state index in [0.29, 0.717) is 23.4 Å². The summed E-state index contributed by atoms with van der Waals surface area (Å²) in [5.74, 6) is 5.77. The molecule has 1 aromatic rings. The van der Waals surface area contributed by atoms with Crippen LogP contribution in [0.3, 0.4) is 0 Å². The van der Waals surface area contributed by atoms with Gasteiger partial charge < -0.3 is 11.1 Å². The van der Waals surface area contributed by atoms with Crippen molar-refractivity contribution in [2.75, 3.05) is 12.8 Å². The zero-order valence-corrected chi connectivity index (χ0v) is 13.2. The maximum atomic E-state index is 12.3. The summed E-state index contributed by atoms with van der Waals surface area (Å²) >= 11 is 1.91. The second-order valence-corrected chi connectivity index (χ2v) is 6.42. The Morgan fingerprint density at radius 1 is 1.38 bits per heavy atom. The van der Waals surface area contributed by atoms with Gasteiger partial charge in [-0.15, -0.1) is 0 Å². The second kappa shape index (κ2) is 8.11. The molecule has 21 heavy (non-hydrogen) atoms. The van der Waals surface area contributed by atoms with Crippen LogP contribution in [-0.4, -0.2) is 30.0 Å². The minimum Gasteiger partial charge on any atom is -0.349 e. The van der Waals surface area contributed by atoms with Gasteiger partial charge in [-0.25, -0.2) is 0 Å². The van der Waals surface area contributed by atoms with E-state index in [2.05, 4.69) is 23.4 Å². The second-order valence-electron chi connectivity index (χ2n) is 5.28. The molecule has 1 aliphatic carbocycles. The first-order valence-electron chi connectivity index (χ1n) is 7.35. The van der Waals surface area contributed by atoms with Gasteiger partial charge >= 0.3 is 0 Å². The molecule has 2 rings (SSSR count). The molecule has 0 spiro atoms. The highest BCUT2D eigenvalue weighted by Crippen LogP contribution is 2.27. The lowest BCUT2D eigenvalue weighted by atomic mass is 9.94. The molecule has 0 aromatic heterocycles. The van der Waals surface area contributed by atoms with Crippen LogP contribution in [0.15, 0.2) is 24.3 Å². The van der Waals surface area contributed by atoms with Crippen LogP contribution >= 0.6 is 11.8 Å². The van der Waals surface area contributed by atoms with Gasteiger partial charge in [0.25, 0.3) is 5.91 Å². The lowest BCUT2D eigenvalue weighted by molar-refractivity contribution is 0.0928. The van der Waals surface area contributed by atoms with E-state index in [1.165, 1.54) is 12.8 Å². The number of benzene rings is 1. The Hall–Kier alpha value is -1.44. The number of carbonyl (C=O) groups is 1. The van der Waals surface area contributed by atoms with Gasteiger partial charge in [0.1, 0.15) is 0 Å². The van der Waals surface area contributed by atoms with Gasteiger partial charge in [-0.05, 0) is 49.8 Å². The summed E-state index contributed by atoms with van der Waals surface area (Å²) in [6, 6.07) is 7.68. The van der Waals surface area contributed by atoms with Crippen molar-refractivity contribution in [2.45, 2.75) is 37.0 Å². The molecule has 4 heteroatoms. The molecule has 0 radical (unpaired) electrons. The normalized spacial score (nSPS) is 21.2. The summed E-state index contributed by atoms with van der Waals surface area (Å²) in [7, 11) is 0. The first-order chi connectivity index (χ1) is 10.2. The fraction of sp³-hybridized carbons (Fsp3) is 0.471. The van der Waals surface area contributed by atoms with E-state index in [1.807, 2.05) is 36.0 Å². The van der Waals surface area contributed by atoms with Crippen molar-refractivity contribution in [1.82, 2.24) is 5.32 Å². The van der Waals surface area contributed by atoms with E-state index in [4.69, 9.17) is 5.73 Å². The largest absolute Gasteiger partial charge is 0.349 e. The Bertz CT molecular complexity index is 530. The summed E-state index contributed by atoms with van der Waals surface area (Å²) < 4.78 is 0. The van der Waals surface area contributed by atoms with Crippen LogP contribution < -0.4 is 11.1 Å². The minimum absolute atomic E-state index is 0.0140. The number of hydrogen-bond acceptors (Lipinski definition) is 3. The molecule has 2 unspecified atom stereocenters. The Kier molecular flexibility index (Phi) is 6.16. The monoisotopic (exact) mass is 302 g/mol. The van der Waals surface area contributed by atoms with Crippen molar-refractivity contribution in [2.24, 2.45) is 5.73 Å². The molecule has 0 heterocycles. The Labute approximate surface area is 131 Å². The SMILES string of the molecule is CSC1CCCC(NC(=O)c2ccc(C#CCN)cc2)C1. The standard InChI is InChI=1S/C17H22N2OS/c1-21-16-6-2-5-15(12-16)19-17(20)14-9-7-13(8-10-14)4-3-11-18/h7-10,15-16H,2,5-6,11-12,18H2,1H3,(H,19,20). The number of rotatable bonds is 3. The lowest BCUT2D eigenvalue weighted by Gasteiger charge is -2.28. The molecule has 3 N–H and O–H groups in total. The van der Waals surface area contributed by atoms with Crippen molar-refractivity contribution in [3.8, 4) is 11.8 Å². The average molecular weight is 302 g/mol. The molecular formula is C17H22N2OS. The third-order valence-electron chi connectivity index (χ3n) is 3.78. The topological polar surface area (TPSA) is 55.1 Å². The van der Waals surface area contributed by atoms with E-state index >= 15 is 0 Å². The van der Waals surface area contributed by atoms with Gasteiger partial charge in [-0.2, -0.15) is 11.8 Å². The molecule has 1 amide bonds. The van der Waals surface area contributed by atoms with Crippen molar-refractivity contribution < 1.29 is 4.79 Å². The molecule has 1 aromatic carbocycles. The summed E-state index contributed by atoms with van der Waals surface area (Å²) in [5.41, 5.74) is 6.92. The predicted molar refractivity (Wildman–Crippen MR) is 89.4 cm³/mol. The van der Waals surface area contributed by atoms with Crippen molar-refractivity contribution in [3.05, 3.63) is 35.4 Å². The van der Waals surface area contributed by atoms with Gasteiger partial charge in [-0.3, -0.25) is 4.79 Å². The van der Waals surface area contributed by atoms with Crippen LogP contribution in [0.4, 0.5) is 0 Å². The van der Waals surface area contributed by atoms with E-state index in [1.54, 1.807) is 0 Å². The molecule has 3 nitrogen and oxygen atoms in total. The van der Waals surface area contributed by atoms with E-state index < -0.39 is 0 Å². The van der Waals surface area contributed by atoms with Gasteiger partial charge in [0.15, 0.2) is 0 Å². The van der Waals surface area contributed by atoms with Gasteiger partial charge in [0.2, 0.25) is 0 Å². The van der Waals surface area contributed by atoms with Crippen LogP contribution in [0.5, 0.6) is 0 Å². The highest BCUT2D eigenvalue weighted by atomic mass is 32.2. The van der Waals surface area contributed by atoms with E-state index in [0.717, 1.165) is 18.4 Å². The maximum absolute atomic E-state index is 12.3. The zero-order valence-electron chi connectivity index (χ0n) is 12.4. The number of amides is 1. The number of nitrogens with two attached hydrogens (primary N) is 1. The quantitative estimate of drug-likeness (QED) is 0.843. The molecule has 1 fully saturated rings. The smallest absolute Gasteiger partial charge is 0.251 e. The molecule has 0 aliphatic heterocycles. The highest BCUT2D eigenvalue weighted by Gasteiger charge is 2.22. The summed E-state index contributed by atoms with van der Waals surface area (Å²) in [5, 5.41) is 3.83. The third-order valence-corrected chi connectivity index (χ3v) is 4.87. The average Bonchev–Trinajstić information content (AvgIpc) is 2.53. The lowest BCUT2D eigenvalue weighted by Crippen LogP contribution is -2.39. The first kappa shape index (κ1) is 15.9. The van der Waals surface area contributed by atoms with Gasteiger partial charge in [0, 0.05) is 22.4 Å². The molecule has 2 atom stereocenters. The number of nitrogens with one attached hydrogen (secondary N) is 1. The third kappa shape index (κ3) is 4.80. The molecule has 0 saturated heterocycles. The Balaban J connectivity index is 1.93.